The Morgan fingerprint density at radius 1 is 1.30 bits per heavy atom. The molecular formula is C14H19NO4S. The van der Waals surface area contributed by atoms with E-state index in [1.165, 1.54) is 0 Å². The molecule has 6 heteroatoms. The summed E-state index contributed by atoms with van der Waals surface area (Å²) in [4.78, 5) is 12.7. The van der Waals surface area contributed by atoms with Gasteiger partial charge in [-0.3, -0.25) is 9.69 Å². The van der Waals surface area contributed by atoms with Crippen LogP contribution in [-0.2, 0) is 27.6 Å². The number of sulfone groups is 1. The van der Waals surface area contributed by atoms with Gasteiger partial charge in [-0.1, -0.05) is 24.3 Å². The molecule has 0 aliphatic carbocycles. The van der Waals surface area contributed by atoms with E-state index in [0.29, 0.717) is 13.0 Å². The summed E-state index contributed by atoms with van der Waals surface area (Å²) in [6.45, 7) is 0.674. The Kier molecular flexibility index (Phi) is 4.45. The van der Waals surface area contributed by atoms with Gasteiger partial charge in [0.25, 0.3) is 0 Å². The highest BCUT2D eigenvalue weighted by molar-refractivity contribution is 7.91. The van der Waals surface area contributed by atoms with Crippen LogP contribution in [0.2, 0.25) is 0 Å². The number of benzene rings is 1. The second-order valence-electron chi connectivity index (χ2n) is 5.36. The van der Waals surface area contributed by atoms with Crippen molar-refractivity contribution in [3.63, 3.8) is 0 Å². The number of carbonyl (C=O) groups is 1. The second kappa shape index (κ2) is 5.93. The molecule has 1 aromatic carbocycles. The van der Waals surface area contributed by atoms with Gasteiger partial charge in [-0.2, -0.15) is 0 Å². The number of nitrogens with zero attached hydrogens (tertiary/aromatic N) is 1. The zero-order valence-electron chi connectivity index (χ0n) is 11.4. The smallest absolute Gasteiger partial charge is 0.307 e. The molecule has 110 valence electrons. The Labute approximate surface area is 119 Å². The first-order chi connectivity index (χ1) is 9.35. The summed E-state index contributed by atoms with van der Waals surface area (Å²) in [5, 5.41) is 8.71. The summed E-state index contributed by atoms with van der Waals surface area (Å²) in [5.74, 6) is -0.328. The molecule has 1 fully saturated rings. The molecule has 0 aromatic heterocycles. The van der Waals surface area contributed by atoms with Gasteiger partial charge in [-0.15, -0.1) is 0 Å². The molecule has 1 aliphatic heterocycles. The summed E-state index contributed by atoms with van der Waals surface area (Å²) >= 11 is 0. The van der Waals surface area contributed by atoms with Gasteiger partial charge in [-0.05, 0) is 24.6 Å². The summed E-state index contributed by atoms with van der Waals surface area (Å²) in [6.07, 6.45) is 0.715. The van der Waals surface area contributed by atoms with Crippen LogP contribution in [0, 0.1) is 0 Å². The molecule has 1 aromatic rings. The average molecular weight is 297 g/mol. The summed E-state index contributed by atoms with van der Waals surface area (Å²) < 4.78 is 22.9. The third-order valence-corrected chi connectivity index (χ3v) is 5.39. The normalized spacial score (nSPS) is 21.2. The number of rotatable bonds is 5. The lowest BCUT2D eigenvalue weighted by atomic mass is 10.1. The van der Waals surface area contributed by atoms with Crippen molar-refractivity contribution in [1.29, 1.82) is 0 Å². The lowest BCUT2D eigenvalue weighted by Gasteiger charge is -2.23. The third kappa shape index (κ3) is 4.05. The largest absolute Gasteiger partial charge is 0.481 e. The number of hydrogen-bond acceptors (Lipinski definition) is 4. The Balaban J connectivity index is 1.94. The number of carboxylic acids is 1. The van der Waals surface area contributed by atoms with Crippen molar-refractivity contribution in [2.75, 3.05) is 18.6 Å². The fourth-order valence-corrected chi connectivity index (χ4v) is 4.28. The van der Waals surface area contributed by atoms with Gasteiger partial charge in [-0.25, -0.2) is 8.42 Å². The fourth-order valence-electron chi connectivity index (χ4n) is 2.48. The maximum absolute atomic E-state index is 11.5. The van der Waals surface area contributed by atoms with Crippen LogP contribution in [0.3, 0.4) is 0 Å². The Bertz CT molecular complexity index is 580. The molecule has 5 nitrogen and oxygen atoms in total. The van der Waals surface area contributed by atoms with Crippen LogP contribution in [0.15, 0.2) is 24.3 Å². The lowest BCUT2D eigenvalue weighted by molar-refractivity contribution is -0.136. The van der Waals surface area contributed by atoms with Crippen molar-refractivity contribution in [3.8, 4) is 0 Å². The predicted molar refractivity (Wildman–Crippen MR) is 76.3 cm³/mol. The van der Waals surface area contributed by atoms with Crippen LogP contribution >= 0.6 is 0 Å². The van der Waals surface area contributed by atoms with E-state index in [9.17, 15) is 13.2 Å². The molecule has 0 amide bonds. The van der Waals surface area contributed by atoms with Crippen LogP contribution in [0.4, 0.5) is 0 Å². The van der Waals surface area contributed by atoms with E-state index in [4.69, 9.17) is 5.11 Å². The van der Waals surface area contributed by atoms with Crippen LogP contribution in [0.25, 0.3) is 0 Å². The highest BCUT2D eigenvalue weighted by Gasteiger charge is 2.30. The SMILES string of the molecule is CN(Cc1ccc(CC(=O)O)cc1)C1CCS(=O)(=O)C1. The van der Waals surface area contributed by atoms with E-state index in [1.54, 1.807) is 0 Å². The summed E-state index contributed by atoms with van der Waals surface area (Å²) in [7, 11) is -0.933. The van der Waals surface area contributed by atoms with Crippen LogP contribution in [0.5, 0.6) is 0 Å². The van der Waals surface area contributed by atoms with E-state index < -0.39 is 15.8 Å². The van der Waals surface area contributed by atoms with Crippen LogP contribution < -0.4 is 0 Å². The zero-order chi connectivity index (χ0) is 14.8. The highest BCUT2D eigenvalue weighted by Crippen LogP contribution is 2.18. The van der Waals surface area contributed by atoms with Crippen molar-refractivity contribution >= 4 is 15.8 Å². The van der Waals surface area contributed by atoms with Crippen molar-refractivity contribution in [3.05, 3.63) is 35.4 Å². The molecule has 1 unspecified atom stereocenters. The van der Waals surface area contributed by atoms with Gasteiger partial charge >= 0.3 is 5.97 Å². The average Bonchev–Trinajstić information content (AvgIpc) is 2.72. The number of aliphatic carboxylic acids is 1. The zero-order valence-corrected chi connectivity index (χ0v) is 12.3. The Hall–Kier alpha value is -1.40. The molecule has 1 N–H and O–H groups in total. The maximum atomic E-state index is 11.5. The number of hydrogen-bond donors (Lipinski definition) is 1. The van der Waals surface area contributed by atoms with Crippen molar-refractivity contribution < 1.29 is 18.3 Å². The van der Waals surface area contributed by atoms with Crippen molar-refractivity contribution in [2.24, 2.45) is 0 Å². The van der Waals surface area contributed by atoms with Crippen molar-refractivity contribution in [2.45, 2.75) is 25.4 Å². The Morgan fingerprint density at radius 3 is 2.40 bits per heavy atom. The lowest BCUT2D eigenvalue weighted by Crippen LogP contribution is -2.32. The molecule has 0 saturated carbocycles. The van der Waals surface area contributed by atoms with E-state index in [2.05, 4.69) is 4.90 Å². The highest BCUT2D eigenvalue weighted by atomic mass is 32.2. The number of carboxylic acid groups (broad SMARTS) is 1. The fraction of sp³-hybridized carbons (Fsp3) is 0.500. The van der Waals surface area contributed by atoms with Crippen LogP contribution in [0.1, 0.15) is 17.5 Å². The third-order valence-electron chi connectivity index (χ3n) is 3.64. The summed E-state index contributed by atoms with van der Waals surface area (Å²) in [5.41, 5.74) is 1.83. The van der Waals surface area contributed by atoms with E-state index in [-0.39, 0.29) is 24.0 Å². The molecule has 0 bridgehead atoms. The monoisotopic (exact) mass is 297 g/mol. The second-order valence-corrected chi connectivity index (χ2v) is 7.59. The quantitative estimate of drug-likeness (QED) is 0.875. The molecular weight excluding hydrogens is 278 g/mol. The van der Waals surface area contributed by atoms with Gasteiger partial charge < -0.3 is 5.11 Å². The van der Waals surface area contributed by atoms with Crippen LogP contribution in [-0.4, -0.2) is 49.0 Å². The molecule has 1 heterocycles. The van der Waals surface area contributed by atoms with E-state index >= 15 is 0 Å². The standard InChI is InChI=1S/C14H19NO4S/c1-15(13-6-7-20(18,19)10-13)9-12-4-2-11(3-5-12)8-14(16)17/h2-5,13H,6-10H2,1H3,(H,16,17). The van der Waals surface area contributed by atoms with Gasteiger partial charge in [0, 0.05) is 12.6 Å². The van der Waals surface area contributed by atoms with Gasteiger partial charge in [0.1, 0.15) is 0 Å². The molecule has 1 aliphatic rings. The minimum absolute atomic E-state index is 0.0248. The van der Waals surface area contributed by atoms with E-state index in [1.807, 2.05) is 31.3 Å². The first-order valence-corrected chi connectivity index (χ1v) is 8.38. The first-order valence-electron chi connectivity index (χ1n) is 6.56. The minimum atomic E-state index is -2.86. The van der Waals surface area contributed by atoms with Gasteiger partial charge in [0.15, 0.2) is 9.84 Å². The molecule has 0 radical (unpaired) electrons. The molecule has 0 spiro atoms. The van der Waals surface area contributed by atoms with Crippen molar-refractivity contribution in [1.82, 2.24) is 4.90 Å². The molecule has 1 saturated heterocycles. The predicted octanol–water partition coefficient (Wildman–Crippen LogP) is 0.933. The van der Waals surface area contributed by atoms with E-state index in [0.717, 1.165) is 11.1 Å². The first kappa shape index (κ1) is 15.0. The minimum Gasteiger partial charge on any atom is -0.481 e. The van der Waals surface area contributed by atoms with Gasteiger partial charge in [0.2, 0.25) is 0 Å². The molecule has 2 rings (SSSR count). The maximum Gasteiger partial charge on any atom is 0.307 e. The molecule has 1 atom stereocenters. The topological polar surface area (TPSA) is 74.7 Å². The molecule has 20 heavy (non-hydrogen) atoms. The van der Waals surface area contributed by atoms with Gasteiger partial charge in [0.05, 0.1) is 17.9 Å². The summed E-state index contributed by atoms with van der Waals surface area (Å²) in [6, 6.07) is 7.50. The Morgan fingerprint density at radius 2 is 1.90 bits per heavy atom.